The number of aromatic nitrogens is 2. The molecule has 0 fully saturated rings. The monoisotopic (exact) mass is 470 g/mol. The number of hydrogen-bond acceptors (Lipinski definition) is 6. The third-order valence-corrected chi connectivity index (χ3v) is 5.79. The summed E-state index contributed by atoms with van der Waals surface area (Å²) in [5.74, 6) is 0.486. The summed E-state index contributed by atoms with van der Waals surface area (Å²) in [6.07, 6.45) is 5.03. The molecule has 34 heavy (non-hydrogen) atoms. The van der Waals surface area contributed by atoms with Gasteiger partial charge in [0.25, 0.3) is 11.5 Å². The Kier molecular flexibility index (Phi) is 7.52. The second kappa shape index (κ2) is 11.1. The maximum atomic E-state index is 13.2. The van der Waals surface area contributed by atoms with Crippen LogP contribution in [0.5, 0.6) is 5.75 Å². The molecule has 0 saturated carbocycles. The fourth-order valence-electron chi connectivity index (χ4n) is 3.28. The Labute approximate surface area is 200 Å². The first kappa shape index (κ1) is 23.0. The largest absolute Gasteiger partial charge is 0.496 e. The van der Waals surface area contributed by atoms with Crippen molar-refractivity contribution in [3.63, 3.8) is 0 Å². The molecule has 0 saturated heterocycles. The lowest BCUT2D eigenvalue weighted by Crippen LogP contribution is -2.24. The van der Waals surface area contributed by atoms with Crippen molar-refractivity contribution in [2.75, 3.05) is 12.9 Å². The standard InChI is InChI=1S/C26H22N4O3S/c1-33-23-16-8-5-10-19(23)11-9-17-27-29-24(31)18-34-26-28-22-15-7-6-14-21(22)25(32)30(26)20-12-3-2-4-13-20/h2-17H,18H2,1H3,(H,29,31)/b11-9-,27-17-. The van der Waals surface area contributed by atoms with Gasteiger partial charge in [-0.25, -0.2) is 10.4 Å². The van der Waals surface area contributed by atoms with Crippen LogP contribution >= 0.6 is 11.8 Å². The number of fused-ring (bicyclic) bond motifs is 1. The quantitative estimate of drug-likeness (QED) is 0.180. The van der Waals surface area contributed by atoms with Crippen molar-refractivity contribution in [1.29, 1.82) is 0 Å². The smallest absolute Gasteiger partial charge is 0.266 e. The second-order valence-electron chi connectivity index (χ2n) is 7.09. The van der Waals surface area contributed by atoms with Gasteiger partial charge < -0.3 is 4.74 Å². The molecule has 0 aliphatic heterocycles. The molecule has 8 heteroatoms. The van der Waals surface area contributed by atoms with E-state index >= 15 is 0 Å². The first-order chi connectivity index (χ1) is 16.7. The van der Waals surface area contributed by atoms with Crippen LogP contribution in [-0.2, 0) is 4.79 Å². The molecule has 1 heterocycles. The van der Waals surface area contributed by atoms with E-state index in [1.54, 1.807) is 31.4 Å². The molecule has 0 unspecified atom stereocenters. The van der Waals surface area contributed by atoms with Crippen molar-refractivity contribution in [2.45, 2.75) is 5.16 Å². The Morgan fingerprint density at radius 2 is 1.79 bits per heavy atom. The Morgan fingerprint density at radius 3 is 2.62 bits per heavy atom. The number of methoxy groups -OCH3 is 1. The zero-order valence-corrected chi connectivity index (χ0v) is 19.2. The lowest BCUT2D eigenvalue weighted by atomic mass is 10.2. The van der Waals surface area contributed by atoms with E-state index in [4.69, 9.17) is 4.74 Å². The molecule has 3 aromatic carbocycles. The van der Waals surface area contributed by atoms with E-state index in [0.29, 0.717) is 21.7 Å². The number of carbonyl (C=O) groups excluding carboxylic acids is 1. The molecule has 0 atom stereocenters. The van der Waals surface area contributed by atoms with Gasteiger partial charge in [-0.3, -0.25) is 14.2 Å². The number of thioether (sulfide) groups is 1. The van der Waals surface area contributed by atoms with E-state index < -0.39 is 0 Å². The minimum Gasteiger partial charge on any atom is -0.496 e. The molecule has 0 aliphatic carbocycles. The van der Waals surface area contributed by atoms with Gasteiger partial charge >= 0.3 is 0 Å². The minimum atomic E-state index is -0.311. The molecule has 4 aromatic rings. The summed E-state index contributed by atoms with van der Waals surface area (Å²) in [4.78, 5) is 30.1. The van der Waals surface area contributed by atoms with Crippen LogP contribution in [0.2, 0.25) is 0 Å². The van der Waals surface area contributed by atoms with Crippen molar-refractivity contribution >= 4 is 40.9 Å². The minimum absolute atomic E-state index is 0.0468. The Morgan fingerprint density at radius 1 is 1.06 bits per heavy atom. The summed E-state index contributed by atoms with van der Waals surface area (Å²) in [6.45, 7) is 0. The summed E-state index contributed by atoms with van der Waals surface area (Å²) in [7, 11) is 1.61. The maximum absolute atomic E-state index is 13.2. The number of benzene rings is 3. The van der Waals surface area contributed by atoms with Gasteiger partial charge in [0.15, 0.2) is 5.16 Å². The van der Waals surface area contributed by atoms with Crippen molar-refractivity contribution in [1.82, 2.24) is 15.0 Å². The van der Waals surface area contributed by atoms with Crippen LogP contribution in [-0.4, -0.2) is 34.5 Å². The molecule has 4 rings (SSSR count). The summed E-state index contributed by atoms with van der Waals surface area (Å²) in [5, 5.41) is 4.90. The van der Waals surface area contributed by atoms with Gasteiger partial charge in [0.05, 0.1) is 29.5 Å². The summed E-state index contributed by atoms with van der Waals surface area (Å²) < 4.78 is 6.82. The summed E-state index contributed by atoms with van der Waals surface area (Å²) in [5.41, 5.74) is 4.49. The number of nitrogens with one attached hydrogen (secondary N) is 1. The van der Waals surface area contributed by atoms with E-state index in [-0.39, 0.29) is 17.2 Å². The number of amides is 1. The van der Waals surface area contributed by atoms with E-state index in [9.17, 15) is 9.59 Å². The lowest BCUT2D eigenvalue weighted by Gasteiger charge is -2.12. The molecule has 1 aromatic heterocycles. The fraction of sp³-hybridized carbons (Fsp3) is 0.0769. The van der Waals surface area contributed by atoms with Crippen molar-refractivity contribution in [3.8, 4) is 11.4 Å². The molecule has 0 spiro atoms. The number of nitrogens with zero attached hydrogens (tertiary/aromatic N) is 3. The number of ether oxygens (including phenoxy) is 1. The number of rotatable bonds is 8. The number of para-hydroxylation sites is 3. The van der Waals surface area contributed by atoms with Crippen LogP contribution in [0.3, 0.4) is 0 Å². The molecule has 1 N–H and O–H groups in total. The van der Waals surface area contributed by atoms with E-state index in [1.165, 1.54) is 22.5 Å². The van der Waals surface area contributed by atoms with Crippen molar-refractivity contribution < 1.29 is 9.53 Å². The highest BCUT2D eigenvalue weighted by atomic mass is 32.2. The molecular weight excluding hydrogens is 448 g/mol. The maximum Gasteiger partial charge on any atom is 0.266 e. The van der Waals surface area contributed by atoms with Crippen LogP contribution in [0.15, 0.2) is 100.0 Å². The zero-order chi connectivity index (χ0) is 23.8. The van der Waals surface area contributed by atoms with Gasteiger partial charge in [0.2, 0.25) is 0 Å². The van der Waals surface area contributed by atoms with Gasteiger partial charge in [-0.05, 0) is 42.5 Å². The Bertz CT molecular complexity index is 1410. The van der Waals surface area contributed by atoms with E-state index in [0.717, 1.165) is 11.3 Å². The molecule has 1 amide bonds. The SMILES string of the molecule is COc1ccccc1/C=C\C=N/NC(=O)CSc1nc2ccccc2c(=O)n1-c1ccccc1. The predicted molar refractivity (Wildman–Crippen MR) is 137 cm³/mol. The van der Waals surface area contributed by atoms with Gasteiger partial charge in [0, 0.05) is 11.8 Å². The van der Waals surface area contributed by atoms with Crippen LogP contribution < -0.4 is 15.7 Å². The highest BCUT2D eigenvalue weighted by Crippen LogP contribution is 2.21. The highest BCUT2D eigenvalue weighted by molar-refractivity contribution is 7.99. The number of carbonyl (C=O) groups is 1. The average Bonchev–Trinajstić information content (AvgIpc) is 2.88. The number of hydrazone groups is 1. The topological polar surface area (TPSA) is 85.6 Å². The molecule has 0 bridgehead atoms. The first-order valence-corrected chi connectivity index (χ1v) is 11.5. The Balaban J connectivity index is 1.46. The van der Waals surface area contributed by atoms with E-state index in [1.807, 2.05) is 66.7 Å². The fourth-order valence-corrected chi connectivity index (χ4v) is 4.08. The van der Waals surface area contributed by atoms with Gasteiger partial charge in [-0.2, -0.15) is 5.10 Å². The van der Waals surface area contributed by atoms with E-state index in [2.05, 4.69) is 15.5 Å². The Hall–Kier alpha value is -4.17. The zero-order valence-electron chi connectivity index (χ0n) is 18.4. The van der Waals surface area contributed by atoms with Crippen molar-refractivity contribution in [3.05, 3.63) is 101 Å². The molecule has 0 aliphatic rings. The normalized spacial score (nSPS) is 11.3. The molecule has 7 nitrogen and oxygen atoms in total. The highest BCUT2D eigenvalue weighted by Gasteiger charge is 2.14. The predicted octanol–water partition coefficient (Wildman–Crippen LogP) is 4.30. The first-order valence-electron chi connectivity index (χ1n) is 10.5. The summed E-state index contributed by atoms with van der Waals surface area (Å²) >= 11 is 1.18. The van der Waals surface area contributed by atoms with Gasteiger partial charge in [-0.1, -0.05) is 60.3 Å². The summed E-state index contributed by atoms with van der Waals surface area (Å²) in [6, 6.07) is 24.0. The van der Waals surface area contributed by atoms with Crippen LogP contribution in [0.25, 0.3) is 22.7 Å². The van der Waals surface area contributed by atoms with Gasteiger partial charge in [0.1, 0.15) is 5.75 Å². The third-order valence-electron chi connectivity index (χ3n) is 4.86. The third kappa shape index (κ3) is 5.41. The molecule has 0 radical (unpaired) electrons. The van der Waals surface area contributed by atoms with Crippen LogP contribution in [0.1, 0.15) is 5.56 Å². The van der Waals surface area contributed by atoms with Crippen molar-refractivity contribution in [2.24, 2.45) is 5.10 Å². The molecular formula is C26H22N4O3S. The average molecular weight is 471 g/mol. The van der Waals surface area contributed by atoms with Crippen LogP contribution in [0, 0.1) is 0 Å². The number of hydrogen-bond donors (Lipinski definition) is 1. The number of allylic oxidation sites excluding steroid dienone is 1. The molecule has 170 valence electrons. The second-order valence-corrected chi connectivity index (χ2v) is 8.03. The van der Waals surface area contributed by atoms with Crippen LogP contribution in [0.4, 0.5) is 0 Å². The van der Waals surface area contributed by atoms with Gasteiger partial charge in [-0.15, -0.1) is 0 Å². The lowest BCUT2D eigenvalue weighted by molar-refractivity contribution is -0.118.